The van der Waals surface area contributed by atoms with Crippen molar-refractivity contribution in [3.63, 3.8) is 0 Å². The molecule has 0 saturated carbocycles. The highest BCUT2D eigenvalue weighted by atomic mass is 16.5. The van der Waals surface area contributed by atoms with E-state index in [1.807, 2.05) is 12.1 Å². The van der Waals surface area contributed by atoms with Crippen LogP contribution in [0.25, 0.3) is 0 Å². The third-order valence-corrected chi connectivity index (χ3v) is 2.21. The van der Waals surface area contributed by atoms with Crippen molar-refractivity contribution in [3.8, 4) is 0 Å². The van der Waals surface area contributed by atoms with Gasteiger partial charge in [-0.1, -0.05) is 12.1 Å². The second-order valence-electron chi connectivity index (χ2n) is 3.63. The van der Waals surface area contributed by atoms with E-state index in [1.165, 1.54) is 0 Å². The number of nitrogens with one attached hydrogen (secondary N) is 1. The van der Waals surface area contributed by atoms with Crippen LogP contribution in [0.3, 0.4) is 0 Å². The molecule has 5 nitrogen and oxygen atoms in total. The van der Waals surface area contributed by atoms with Gasteiger partial charge >= 0.3 is 0 Å². The maximum Gasteiger partial charge on any atom is 0.250 e. The van der Waals surface area contributed by atoms with E-state index in [-0.39, 0.29) is 19.1 Å². The van der Waals surface area contributed by atoms with Gasteiger partial charge in [0.2, 0.25) is 5.91 Å². The van der Waals surface area contributed by atoms with Gasteiger partial charge in [0.25, 0.3) is 0 Å². The van der Waals surface area contributed by atoms with Crippen LogP contribution < -0.4 is 5.32 Å². The summed E-state index contributed by atoms with van der Waals surface area (Å²) >= 11 is 0. The minimum absolute atomic E-state index is 0.0853. The van der Waals surface area contributed by atoms with Crippen LogP contribution in [0.15, 0.2) is 24.3 Å². The average molecular weight is 249 g/mol. The predicted octanol–water partition coefficient (Wildman–Crippen LogP) is 0.972. The van der Waals surface area contributed by atoms with Crippen LogP contribution in [0, 0.1) is 0 Å². The maximum absolute atomic E-state index is 11.3. The van der Waals surface area contributed by atoms with Crippen LogP contribution in [-0.4, -0.2) is 31.7 Å². The van der Waals surface area contributed by atoms with E-state index in [9.17, 15) is 14.4 Å². The van der Waals surface area contributed by atoms with E-state index in [4.69, 9.17) is 4.74 Å². The monoisotopic (exact) mass is 249 g/mol. The highest BCUT2D eigenvalue weighted by molar-refractivity contribution is 5.91. The molecule has 0 atom stereocenters. The number of ether oxygens (including phenoxy) is 1. The second kappa shape index (κ2) is 8.14. The van der Waals surface area contributed by atoms with E-state index >= 15 is 0 Å². The first-order valence-electron chi connectivity index (χ1n) is 5.60. The molecule has 18 heavy (non-hydrogen) atoms. The van der Waals surface area contributed by atoms with Crippen molar-refractivity contribution >= 4 is 24.2 Å². The third-order valence-electron chi connectivity index (χ3n) is 2.21. The zero-order chi connectivity index (χ0) is 13.2. The smallest absolute Gasteiger partial charge is 0.250 e. The summed E-state index contributed by atoms with van der Waals surface area (Å²) in [6.45, 7) is -0.232. The Morgan fingerprint density at radius 3 is 2.50 bits per heavy atom. The largest absolute Gasteiger partial charge is 0.364 e. The van der Waals surface area contributed by atoms with Gasteiger partial charge in [-0.05, 0) is 24.1 Å². The van der Waals surface area contributed by atoms with Gasteiger partial charge < -0.3 is 19.6 Å². The normalized spacial score (nSPS) is 9.78. The summed E-state index contributed by atoms with van der Waals surface area (Å²) in [6.07, 6.45) is 2.65. The summed E-state index contributed by atoms with van der Waals surface area (Å²) in [5, 5.41) is 2.63. The van der Waals surface area contributed by atoms with E-state index in [0.29, 0.717) is 24.8 Å². The van der Waals surface area contributed by atoms with Crippen LogP contribution in [0.1, 0.15) is 12.0 Å². The summed E-state index contributed by atoms with van der Waals surface area (Å²) < 4.78 is 4.77. The number of benzene rings is 1. The molecular weight excluding hydrogens is 234 g/mol. The number of hydrogen-bond acceptors (Lipinski definition) is 4. The maximum atomic E-state index is 11.3. The molecule has 1 amide bonds. The van der Waals surface area contributed by atoms with Crippen molar-refractivity contribution in [3.05, 3.63) is 29.8 Å². The summed E-state index contributed by atoms with van der Waals surface area (Å²) in [6, 6.07) is 7.23. The Morgan fingerprint density at radius 2 is 1.89 bits per heavy atom. The van der Waals surface area contributed by atoms with Crippen LogP contribution >= 0.6 is 0 Å². The zero-order valence-electron chi connectivity index (χ0n) is 9.93. The third kappa shape index (κ3) is 5.36. The molecule has 0 aliphatic heterocycles. The first-order valence-corrected chi connectivity index (χ1v) is 5.60. The van der Waals surface area contributed by atoms with Crippen molar-refractivity contribution in [2.45, 2.75) is 12.8 Å². The first-order chi connectivity index (χ1) is 8.76. The summed E-state index contributed by atoms with van der Waals surface area (Å²) in [5.74, 6) is -0.308. The topological polar surface area (TPSA) is 72.5 Å². The predicted molar refractivity (Wildman–Crippen MR) is 66.3 cm³/mol. The Morgan fingerprint density at radius 1 is 1.17 bits per heavy atom. The number of carbonyl (C=O) groups is 3. The fourth-order valence-corrected chi connectivity index (χ4v) is 1.38. The van der Waals surface area contributed by atoms with E-state index in [1.54, 1.807) is 12.1 Å². The lowest BCUT2D eigenvalue weighted by atomic mass is 10.1. The van der Waals surface area contributed by atoms with Gasteiger partial charge in [0.15, 0.2) is 0 Å². The van der Waals surface area contributed by atoms with Gasteiger partial charge in [0.05, 0.1) is 0 Å². The average Bonchev–Trinajstić information content (AvgIpc) is 2.38. The minimum atomic E-state index is -0.308. The fourth-order valence-electron chi connectivity index (χ4n) is 1.38. The molecule has 1 N–H and O–H groups in total. The number of aldehydes is 2. The summed E-state index contributed by atoms with van der Waals surface area (Å²) in [5.41, 5.74) is 1.70. The summed E-state index contributed by atoms with van der Waals surface area (Å²) in [7, 11) is 0. The quantitative estimate of drug-likeness (QED) is 0.550. The van der Waals surface area contributed by atoms with Gasteiger partial charge in [-0.2, -0.15) is 0 Å². The molecule has 0 bridgehead atoms. The molecular formula is C13H15NO4. The molecule has 1 rings (SSSR count). The van der Waals surface area contributed by atoms with Crippen molar-refractivity contribution in [1.82, 2.24) is 0 Å². The Bertz CT molecular complexity index is 400. The summed E-state index contributed by atoms with van der Waals surface area (Å²) in [4.78, 5) is 31.6. The Labute approximate surface area is 105 Å². The standard InChI is InChI=1S/C13H15NO4/c15-7-1-2-11-3-5-12(6-4-11)14-13(17)10-18-9-8-16/h3-8H,1-2,9-10H2,(H,14,17). The first kappa shape index (κ1) is 14.1. The van der Waals surface area contributed by atoms with Crippen molar-refractivity contribution in [2.24, 2.45) is 0 Å². The molecule has 0 aliphatic carbocycles. The molecule has 5 heteroatoms. The zero-order valence-corrected chi connectivity index (χ0v) is 9.93. The van der Waals surface area contributed by atoms with Crippen LogP contribution in [-0.2, 0) is 25.5 Å². The van der Waals surface area contributed by atoms with Crippen LogP contribution in [0.5, 0.6) is 0 Å². The minimum Gasteiger partial charge on any atom is -0.364 e. The Kier molecular flexibility index (Phi) is 6.35. The molecule has 0 unspecified atom stereocenters. The van der Waals surface area contributed by atoms with E-state index in [0.717, 1.165) is 11.8 Å². The van der Waals surface area contributed by atoms with Crippen molar-refractivity contribution < 1.29 is 19.1 Å². The Hall–Kier alpha value is -2.01. The molecule has 0 saturated heterocycles. The lowest BCUT2D eigenvalue weighted by Crippen LogP contribution is -2.18. The number of carbonyl (C=O) groups excluding carboxylic acids is 3. The molecule has 0 fully saturated rings. The Balaban J connectivity index is 2.40. The SMILES string of the molecule is O=CCCc1ccc(NC(=O)COCC=O)cc1. The number of aryl methyl sites for hydroxylation is 1. The molecule has 0 aliphatic rings. The number of rotatable bonds is 8. The van der Waals surface area contributed by atoms with E-state index < -0.39 is 0 Å². The molecule has 1 aromatic rings. The highest BCUT2D eigenvalue weighted by Crippen LogP contribution is 2.10. The number of amides is 1. The van der Waals surface area contributed by atoms with Gasteiger partial charge in [0, 0.05) is 12.1 Å². The number of hydrogen-bond donors (Lipinski definition) is 1. The molecule has 0 spiro atoms. The van der Waals surface area contributed by atoms with Gasteiger partial charge in [-0.25, -0.2) is 0 Å². The van der Waals surface area contributed by atoms with Crippen LogP contribution in [0.4, 0.5) is 5.69 Å². The second-order valence-corrected chi connectivity index (χ2v) is 3.63. The van der Waals surface area contributed by atoms with Gasteiger partial charge in [-0.3, -0.25) is 4.79 Å². The van der Waals surface area contributed by atoms with Crippen LogP contribution in [0.2, 0.25) is 0 Å². The lowest BCUT2D eigenvalue weighted by Gasteiger charge is -2.05. The van der Waals surface area contributed by atoms with Gasteiger partial charge in [0.1, 0.15) is 25.8 Å². The molecule has 0 aromatic heterocycles. The molecule has 0 heterocycles. The number of anilines is 1. The fraction of sp³-hybridized carbons (Fsp3) is 0.308. The highest BCUT2D eigenvalue weighted by Gasteiger charge is 2.02. The van der Waals surface area contributed by atoms with E-state index in [2.05, 4.69) is 5.32 Å². The molecule has 96 valence electrons. The van der Waals surface area contributed by atoms with Crippen molar-refractivity contribution in [1.29, 1.82) is 0 Å². The van der Waals surface area contributed by atoms with Crippen molar-refractivity contribution in [2.75, 3.05) is 18.5 Å². The molecule has 1 aromatic carbocycles. The molecule has 0 radical (unpaired) electrons. The van der Waals surface area contributed by atoms with Gasteiger partial charge in [-0.15, -0.1) is 0 Å². The lowest BCUT2D eigenvalue weighted by molar-refractivity contribution is -0.122.